The summed E-state index contributed by atoms with van der Waals surface area (Å²) in [5, 5.41) is 2.78. The van der Waals surface area contributed by atoms with Gasteiger partial charge in [-0.2, -0.15) is 11.8 Å². The number of hydrogen-bond donors (Lipinski definition) is 2. The number of thioether (sulfide) groups is 1. The molecule has 0 fully saturated rings. The van der Waals surface area contributed by atoms with E-state index in [0.29, 0.717) is 19.6 Å². The van der Waals surface area contributed by atoms with Gasteiger partial charge >= 0.3 is 0 Å². The van der Waals surface area contributed by atoms with Crippen molar-refractivity contribution < 1.29 is 9.53 Å². The SMILES string of the molecule is CSCC[C@H](N)C(=O)NCCOc1cccc(C)c1. The fraction of sp³-hybridized carbons (Fsp3) is 0.500. The molecule has 1 aromatic rings. The predicted octanol–water partition coefficient (Wildman–Crippen LogP) is 1.57. The van der Waals surface area contributed by atoms with Crippen molar-refractivity contribution in [2.75, 3.05) is 25.2 Å². The number of aryl methyl sites for hydroxylation is 1. The van der Waals surface area contributed by atoms with Crippen LogP contribution in [0.5, 0.6) is 5.75 Å². The van der Waals surface area contributed by atoms with Crippen molar-refractivity contribution in [2.24, 2.45) is 5.73 Å². The zero-order valence-corrected chi connectivity index (χ0v) is 12.3. The molecule has 0 aliphatic rings. The van der Waals surface area contributed by atoms with Crippen LogP contribution in [0.4, 0.5) is 0 Å². The van der Waals surface area contributed by atoms with Crippen molar-refractivity contribution in [1.29, 1.82) is 0 Å². The molecule has 106 valence electrons. The maximum atomic E-state index is 11.6. The zero-order valence-electron chi connectivity index (χ0n) is 11.5. The highest BCUT2D eigenvalue weighted by Gasteiger charge is 2.11. The third-order valence-corrected chi connectivity index (χ3v) is 3.27. The van der Waals surface area contributed by atoms with Crippen LogP contribution in [-0.4, -0.2) is 37.1 Å². The summed E-state index contributed by atoms with van der Waals surface area (Å²) in [7, 11) is 0. The molecule has 4 nitrogen and oxygen atoms in total. The van der Waals surface area contributed by atoms with Crippen molar-refractivity contribution in [3.63, 3.8) is 0 Å². The highest BCUT2D eigenvalue weighted by Crippen LogP contribution is 2.11. The van der Waals surface area contributed by atoms with E-state index in [4.69, 9.17) is 10.5 Å². The molecule has 1 rings (SSSR count). The lowest BCUT2D eigenvalue weighted by atomic mass is 10.2. The van der Waals surface area contributed by atoms with Crippen LogP contribution in [0.25, 0.3) is 0 Å². The normalized spacial score (nSPS) is 11.9. The maximum absolute atomic E-state index is 11.6. The summed E-state index contributed by atoms with van der Waals surface area (Å²) in [5.41, 5.74) is 6.90. The van der Waals surface area contributed by atoms with Gasteiger partial charge in [-0.3, -0.25) is 4.79 Å². The summed E-state index contributed by atoms with van der Waals surface area (Å²) < 4.78 is 5.54. The average Bonchev–Trinajstić information content (AvgIpc) is 2.40. The molecule has 0 bridgehead atoms. The molecule has 3 N–H and O–H groups in total. The van der Waals surface area contributed by atoms with Gasteiger partial charge in [0.25, 0.3) is 0 Å². The second-order valence-electron chi connectivity index (χ2n) is 4.34. The highest BCUT2D eigenvalue weighted by atomic mass is 32.2. The molecule has 1 aromatic carbocycles. The van der Waals surface area contributed by atoms with Crippen LogP contribution in [0.3, 0.4) is 0 Å². The summed E-state index contributed by atoms with van der Waals surface area (Å²) >= 11 is 1.69. The molecular formula is C14H22N2O2S. The monoisotopic (exact) mass is 282 g/mol. The van der Waals surface area contributed by atoms with Gasteiger partial charge in [0.05, 0.1) is 12.6 Å². The minimum absolute atomic E-state index is 0.109. The molecule has 1 atom stereocenters. The largest absolute Gasteiger partial charge is 0.492 e. The number of rotatable bonds is 8. The Bertz CT molecular complexity index is 399. The lowest BCUT2D eigenvalue weighted by molar-refractivity contribution is -0.122. The van der Waals surface area contributed by atoms with Gasteiger partial charge in [0.2, 0.25) is 5.91 Å². The van der Waals surface area contributed by atoms with Gasteiger partial charge in [0.15, 0.2) is 0 Å². The number of nitrogens with two attached hydrogens (primary N) is 1. The number of amides is 1. The molecule has 0 aromatic heterocycles. The van der Waals surface area contributed by atoms with E-state index in [9.17, 15) is 4.79 Å². The molecule has 0 heterocycles. The van der Waals surface area contributed by atoms with Crippen LogP contribution in [0.2, 0.25) is 0 Å². The number of ether oxygens (including phenoxy) is 1. The molecule has 19 heavy (non-hydrogen) atoms. The first-order valence-electron chi connectivity index (χ1n) is 6.35. The quantitative estimate of drug-likeness (QED) is 0.710. The summed E-state index contributed by atoms with van der Waals surface area (Å²) in [6, 6.07) is 7.40. The Balaban J connectivity index is 2.18. The standard InChI is InChI=1S/C14H22N2O2S/c1-11-4-3-5-12(10-11)18-8-7-16-14(17)13(15)6-9-19-2/h3-5,10,13H,6-9,15H2,1-2H3,(H,16,17)/t13-/m0/s1. The lowest BCUT2D eigenvalue weighted by Crippen LogP contribution is -2.42. The minimum Gasteiger partial charge on any atom is -0.492 e. The van der Waals surface area contributed by atoms with Crippen LogP contribution in [0.1, 0.15) is 12.0 Å². The number of nitrogens with one attached hydrogen (secondary N) is 1. The Kier molecular flexibility index (Phi) is 7.36. The Hall–Kier alpha value is -1.20. The Labute approximate surface area is 119 Å². The van der Waals surface area contributed by atoms with Crippen LogP contribution < -0.4 is 15.8 Å². The second kappa shape index (κ2) is 8.82. The Morgan fingerprint density at radius 2 is 2.32 bits per heavy atom. The fourth-order valence-corrected chi connectivity index (χ4v) is 2.04. The Morgan fingerprint density at radius 3 is 3.00 bits per heavy atom. The molecule has 0 aliphatic heterocycles. The van der Waals surface area contributed by atoms with Gasteiger partial charge in [0.1, 0.15) is 12.4 Å². The van der Waals surface area contributed by atoms with Gasteiger partial charge in [-0.25, -0.2) is 0 Å². The van der Waals surface area contributed by atoms with Crippen LogP contribution in [0.15, 0.2) is 24.3 Å². The van der Waals surface area contributed by atoms with Gasteiger partial charge < -0.3 is 15.8 Å². The number of benzene rings is 1. The smallest absolute Gasteiger partial charge is 0.237 e. The van der Waals surface area contributed by atoms with Crippen molar-refractivity contribution in [3.05, 3.63) is 29.8 Å². The number of carbonyl (C=O) groups excluding carboxylic acids is 1. The minimum atomic E-state index is -0.425. The van der Waals surface area contributed by atoms with E-state index >= 15 is 0 Å². The second-order valence-corrected chi connectivity index (χ2v) is 5.33. The molecule has 0 spiro atoms. The zero-order chi connectivity index (χ0) is 14.1. The molecule has 0 aliphatic carbocycles. The number of carbonyl (C=O) groups is 1. The Morgan fingerprint density at radius 1 is 1.53 bits per heavy atom. The molecule has 0 unspecified atom stereocenters. The van der Waals surface area contributed by atoms with Crippen LogP contribution in [-0.2, 0) is 4.79 Å². The van der Waals surface area contributed by atoms with Crippen LogP contribution >= 0.6 is 11.8 Å². The molecule has 5 heteroatoms. The van der Waals surface area contributed by atoms with Crippen molar-refractivity contribution in [1.82, 2.24) is 5.32 Å². The van der Waals surface area contributed by atoms with Crippen LogP contribution in [0, 0.1) is 6.92 Å². The third-order valence-electron chi connectivity index (χ3n) is 2.63. The van der Waals surface area contributed by atoms with E-state index in [1.54, 1.807) is 11.8 Å². The van der Waals surface area contributed by atoms with E-state index in [2.05, 4.69) is 5.32 Å². The van der Waals surface area contributed by atoms with Gasteiger partial charge in [-0.15, -0.1) is 0 Å². The first-order chi connectivity index (χ1) is 9.13. The van der Waals surface area contributed by atoms with Crippen molar-refractivity contribution in [3.8, 4) is 5.75 Å². The predicted molar refractivity (Wildman–Crippen MR) is 80.7 cm³/mol. The van der Waals surface area contributed by atoms with E-state index in [1.165, 1.54) is 0 Å². The third kappa shape index (κ3) is 6.50. The summed E-state index contributed by atoms with van der Waals surface area (Å²) in [5.74, 6) is 1.61. The fourth-order valence-electron chi connectivity index (χ4n) is 1.56. The first-order valence-corrected chi connectivity index (χ1v) is 7.74. The molecule has 0 radical (unpaired) electrons. The van der Waals surface area contributed by atoms with Gasteiger partial charge in [0, 0.05) is 0 Å². The topological polar surface area (TPSA) is 64.4 Å². The summed E-state index contributed by atoms with van der Waals surface area (Å²) in [6.45, 7) is 2.93. The molecular weight excluding hydrogens is 260 g/mol. The summed E-state index contributed by atoms with van der Waals surface area (Å²) in [4.78, 5) is 11.6. The summed E-state index contributed by atoms with van der Waals surface area (Å²) in [6.07, 6.45) is 2.70. The van der Waals surface area contributed by atoms with E-state index < -0.39 is 6.04 Å². The molecule has 0 saturated heterocycles. The van der Waals surface area contributed by atoms with E-state index in [1.807, 2.05) is 37.4 Å². The molecule has 1 amide bonds. The number of hydrogen-bond acceptors (Lipinski definition) is 4. The van der Waals surface area contributed by atoms with Gasteiger partial charge in [-0.1, -0.05) is 12.1 Å². The van der Waals surface area contributed by atoms with E-state index in [-0.39, 0.29) is 5.91 Å². The maximum Gasteiger partial charge on any atom is 0.237 e. The van der Waals surface area contributed by atoms with E-state index in [0.717, 1.165) is 17.1 Å². The lowest BCUT2D eigenvalue weighted by Gasteiger charge is -2.12. The first kappa shape index (κ1) is 15.9. The average molecular weight is 282 g/mol. The van der Waals surface area contributed by atoms with Crippen molar-refractivity contribution in [2.45, 2.75) is 19.4 Å². The molecule has 0 saturated carbocycles. The van der Waals surface area contributed by atoms with Crippen molar-refractivity contribution >= 4 is 17.7 Å². The van der Waals surface area contributed by atoms with Gasteiger partial charge in [-0.05, 0) is 43.0 Å². The highest BCUT2D eigenvalue weighted by molar-refractivity contribution is 7.98.